The minimum atomic E-state index is -1.04. The van der Waals surface area contributed by atoms with Crippen molar-refractivity contribution in [3.05, 3.63) is 0 Å². The molecule has 0 unspecified atom stereocenters. The molecule has 2 aliphatic rings. The van der Waals surface area contributed by atoms with E-state index in [1.165, 1.54) is 12.8 Å². The molecule has 0 aliphatic heterocycles. The SMILES string of the molecule is CCCC1(CNC(=O)NC2(C(=O)O)CCCC2)CC1. The Hall–Kier alpha value is -1.26. The molecule has 0 aromatic heterocycles. The van der Waals surface area contributed by atoms with Crippen molar-refractivity contribution in [2.24, 2.45) is 5.41 Å². The standard InChI is InChI=1S/C14H24N2O3/c1-2-5-13(8-9-13)10-15-12(19)16-14(11(17)18)6-3-4-7-14/h2-10H2,1H3,(H,17,18)(H2,15,16,19). The normalized spacial score (nSPS) is 22.8. The smallest absolute Gasteiger partial charge is 0.329 e. The van der Waals surface area contributed by atoms with E-state index >= 15 is 0 Å². The van der Waals surface area contributed by atoms with Crippen LogP contribution in [0, 0.1) is 5.41 Å². The van der Waals surface area contributed by atoms with Gasteiger partial charge in [0.15, 0.2) is 0 Å². The van der Waals surface area contributed by atoms with Crippen LogP contribution in [0.2, 0.25) is 0 Å². The maximum atomic E-state index is 11.9. The van der Waals surface area contributed by atoms with Crippen LogP contribution in [0.15, 0.2) is 0 Å². The van der Waals surface area contributed by atoms with Crippen molar-refractivity contribution >= 4 is 12.0 Å². The van der Waals surface area contributed by atoms with Gasteiger partial charge in [0, 0.05) is 6.54 Å². The molecule has 5 nitrogen and oxygen atoms in total. The number of hydrogen-bond acceptors (Lipinski definition) is 2. The molecular formula is C14H24N2O3. The van der Waals surface area contributed by atoms with E-state index in [1.54, 1.807) is 0 Å². The van der Waals surface area contributed by atoms with Crippen LogP contribution in [0.1, 0.15) is 58.3 Å². The summed E-state index contributed by atoms with van der Waals surface area (Å²) >= 11 is 0. The Labute approximate surface area is 114 Å². The van der Waals surface area contributed by atoms with Crippen molar-refractivity contribution in [2.45, 2.75) is 63.8 Å². The molecule has 108 valence electrons. The van der Waals surface area contributed by atoms with Gasteiger partial charge in [-0.3, -0.25) is 0 Å². The molecule has 0 aromatic carbocycles. The molecule has 0 aromatic rings. The first-order valence-corrected chi connectivity index (χ1v) is 7.31. The number of nitrogens with one attached hydrogen (secondary N) is 2. The van der Waals surface area contributed by atoms with Gasteiger partial charge in [0.2, 0.25) is 0 Å². The van der Waals surface area contributed by atoms with Gasteiger partial charge in [-0.15, -0.1) is 0 Å². The summed E-state index contributed by atoms with van der Waals surface area (Å²) in [7, 11) is 0. The lowest BCUT2D eigenvalue weighted by Gasteiger charge is -2.26. The van der Waals surface area contributed by atoms with Crippen molar-refractivity contribution in [2.75, 3.05) is 6.54 Å². The number of carbonyl (C=O) groups is 2. The van der Waals surface area contributed by atoms with Crippen LogP contribution >= 0.6 is 0 Å². The largest absolute Gasteiger partial charge is 0.480 e. The Morgan fingerprint density at radius 3 is 2.26 bits per heavy atom. The molecule has 0 radical (unpaired) electrons. The Kier molecular flexibility index (Phi) is 4.02. The van der Waals surface area contributed by atoms with Crippen LogP contribution in [-0.4, -0.2) is 29.2 Å². The Morgan fingerprint density at radius 2 is 1.79 bits per heavy atom. The first-order chi connectivity index (χ1) is 9.02. The Balaban J connectivity index is 1.82. The van der Waals surface area contributed by atoms with E-state index in [9.17, 15) is 14.7 Å². The van der Waals surface area contributed by atoms with E-state index in [4.69, 9.17) is 0 Å². The van der Waals surface area contributed by atoms with E-state index in [1.807, 2.05) is 0 Å². The van der Waals surface area contributed by atoms with Crippen molar-refractivity contribution < 1.29 is 14.7 Å². The maximum absolute atomic E-state index is 11.9. The molecule has 0 spiro atoms. The molecule has 3 N–H and O–H groups in total. The van der Waals surface area contributed by atoms with Crippen molar-refractivity contribution in [3.63, 3.8) is 0 Å². The Bertz CT molecular complexity index is 358. The number of hydrogen-bond donors (Lipinski definition) is 3. The average Bonchev–Trinajstić information content (AvgIpc) is 2.96. The Morgan fingerprint density at radius 1 is 1.16 bits per heavy atom. The zero-order valence-corrected chi connectivity index (χ0v) is 11.6. The third kappa shape index (κ3) is 3.19. The van der Waals surface area contributed by atoms with Gasteiger partial charge < -0.3 is 15.7 Å². The monoisotopic (exact) mass is 268 g/mol. The first-order valence-electron chi connectivity index (χ1n) is 7.31. The molecular weight excluding hydrogens is 244 g/mol. The molecule has 2 saturated carbocycles. The number of carbonyl (C=O) groups excluding carboxylic acids is 1. The predicted molar refractivity (Wildman–Crippen MR) is 71.9 cm³/mol. The summed E-state index contributed by atoms with van der Waals surface area (Å²) in [6.07, 6.45) is 7.42. The second kappa shape index (κ2) is 5.39. The molecule has 0 atom stereocenters. The van der Waals surface area contributed by atoms with Crippen LogP contribution in [-0.2, 0) is 4.79 Å². The number of aliphatic carboxylic acids is 1. The average molecular weight is 268 g/mol. The van der Waals surface area contributed by atoms with Crippen LogP contribution in [0.3, 0.4) is 0 Å². The van der Waals surface area contributed by atoms with Gasteiger partial charge in [0.1, 0.15) is 5.54 Å². The molecule has 2 fully saturated rings. The maximum Gasteiger partial charge on any atom is 0.329 e. The number of carboxylic acid groups (broad SMARTS) is 1. The summed E-state index contributed by atoms with van der Waals surface area (Å²) < 4.78 is 0. The van der Waals surface area contributed by atoms with Gasteiger partial charge in [0.25, 0.3) is 0 Å². The van der Waals surface area contributed by atoms with Gasteiger partial charge >= 0.3 is 12.0 Å². The van der Waals surface area contributed by atoms with Crippen LogP contribution in [0.5, 0.6) is 0 Å². The van der Waals surface area contributed by atoms with Crippen LogP contribution in [0.4, 0.5) is 4.79 Å². The van der Waals surface area contributed by atoms with Gasteiger partial charge in [-0.1, -0.05) is 26.2 Å². The second-order valence-electron chi connectivity index (χ2n) is 6.15. The zero-order chi connectivity index (χ0) is 13.9. The molecule has 2 rings (SSSR count). The summed E-state index contributed by atoms with van der Waals surface area (Å²) in [5.74, 6) is -0.908. The molecule has 2 aliphatic carbocycles. The van der Waals surface area contributed by atoms with E-state index in [0.717, 1.165) is 25.7 Å². The highest BCUT2D eigenvalue weighted by molar-refractivity contribution is 5.86. The summed E-state index contributed by atoms with van der Waals surface area (Å²) in [4.78, 5) is 23.2. The third-order valence-electron chi connectivity index (χ3n) is 4.58. The predicted octanol–water partition coefficient (Wildman–Crippen LogP) is 2.26. The lowest BCUT2D eigenvalue weighted by molar-refractivity contribution is -0.144. The zero-order valence-electron chi connectivity index (χ0n) is 11.6. The van der Waals surface area contributed by atoms with E-state index in [2.05, 4.69) is 17.6 Å². The van der Waals surface area contributed by atoms with Crippen molar-refractivity contribution in [1.82, 2.24) is 10.6 Å². The van der Waals surface area contributed by atoms with Crippen molar-refractivity contribution in [1.29, 1.82) is 0 Å². The van der Waals surface area contributed by atoms with Crippen molar-refractivity contribution in [3.8, 4) is 0 Å². The third-order valence-corrected chi connectivity index (χ3v) is 4.58. The van der Waals surface area contributed by atoms with Gasteiger partial charge in [-0.2, -0.15) is 0 Å². The molecule has 5 heteroatoms. The van der Waals surface area contributed by atoms with Gasteiger partial charge in [-0.25, -0.2) is 9.59 Å². The van der Waals surface area contributed by atoms with E-state index in [0.29, 0.717) is 19.4 Å². The van der Waals surface area contributed by atoms with Gasteiger partial charge in [-0.05, 0) is 37.5 Å². The second-order valence-corrected chi connectivity index (χ2v) is 6.15. The fraction of sp³-hybridized carbons (Fsp3) is 0.857. The number of amides is 2. The highest BCUT2D eigenvalue weighted by Crippen LogP contribution is 2.48. The van der Waals surface area contributed by atoms with E-state index in [-0.39, 0.29) is 11.4 Å². The summed E-state index contributed by atoms with van der Waals surface area (Å²) in [6, 6.07) is -0.327. The molecule has 0 saturated heterocycles. The summed E-state index contributed by atoms with van der Waals surface area (Å²) in [6.45, 7) is 2.82. The van der Waals surface area contributed by atoms with Crippen LogP contribution < -0.4 is 10.6 Å². The topological polar surface area (TPSA) is 78.4 Å². The van der Waals surface area contributed by atoms with E-state index < -0.39 is 11.5 Å². The van der Waals surface area contributed by atoms with Gasteiger partial charge in [0.05, 0.1) is 0 Å². The number of carboxylic acids is 1. The molecule has 0 heterocycles. The molecule has 19 heavy (non-hydrogen) atoms. The number of rotatable bonds is 6. The lowest BCUT2D eigenvalue weighted by atomic mass is 9.98. The minimum absolute atomic E-state index is 0.290. The number of urea groups is 1. The lowest BCUT2D eigenvalue weighted by Crippen LogP contribution is -2.56. The quantitative estimate of drug-likeness (QED) is 0.691. The highest BCUT2D eigenvalue weighted by atomic mass is 16.4. The summed E-state index contributed by atoms with van der Waals surface area (Å²) in [5, 5.41) is 14.8. The fourth-order valence-corrected chi connectivity index (χ4v) is 3.12. The molecule has 2 amide bonds. The summed E-state index contributed by atoms with van der Waals surface area (Å²) in [5.41, 5.74) is -0.746. The molecule has 0 bridgehead atoms. The minimum Gasteiger partial charge on any atom is -0.480 e. The van der Waals surface area contributed by atoms with Crippen LogP contribution in [0.25, 0.3) is 0 Å². The highest BCUT2D eigenvalue weighted by Gasteiger charge is 2.44. The first kappa shape index (κ1) is 14.2. The fourth-order valence-electron chi connectivity index (χ4n) is 3.12.